The number of nitrogens with one attached hydrogen (secondary N) is 1. The Morgan fingerprint density at radius 1 is 1.08 bits per heavy atom. The summed E-state index contributed by atoms with van der Waals surface area (Å²) in [4.78, 5) is 0.250. The molecule has 2 rings (SSSR count). The first kappa shape index (κ1) is 18.6. The molecule has 2 aromatic carbocycles. The first-order valence-corrected chi connectivity index (χ1v) is 9.08. The van der Waals surface area contributed by atoms with Crippen LogP contribution in [0.2, 0.25) is 0 Å². The number of ether oxygens (including phenoxy) is 1. The van der Waals surface area contributed by atoms with Crippen molar-refractivity contribution in [2.75, 3.05) is 13.7 Å². The second-order valence-corrected chi connectivity index (χ2v) is 7.57. The molecule has 0 spiro atoms. The van der Waals surface area contributed by atoms with Crippen LogP contribution in [0.3, 0.4) is 0 Å². The van der Waals surface area contributed by atoms with Crippen LogP contribution in [-0.2, 0) is 14.8 Å². The molecule has 0 saturated carbocycles. The van der Waals surface area contributed by atoms with Gasteiger partial charge in [-0.05, 0) is 61.2 Å². The summed E-state index contributed by atoms with van der Waals surface area (Å²) >= 11 is 0. The Bertz CT molecular complexity index is 834. The Morgan fingerprint density at radius 2 is 1.75 bits per heavy atom. The van der Waals surface area contributed by atoms with E-state index in [0.29, 0.717) is 11.1 Å². The number of hydrogen-bond donors (Lipinski definition) is 1. The van der Waals surface area contributed by atoms with Crippen LogP contribution in [0.15, 0.2) is 41.3 Å². The van der Waals surface area contributed by atoms with Crippen molar-refractivity contribution in [2.45, 2.75) is 31.8 Å². The van der Waals surface area contributed by atoms with Gasteiger partial charge in [0.2, 0.25) is 10.0 Å². The molecule has 0 heterocycles. The van der Waals surface area contributed by atoms with Gasteiger partial charge in [0.1, 0.15) is 5.82 Å². The maximum atomic E-state index is 13.3. The van der Waals surface area contributed by atoms with Crippen LogP contribution < -0.4 is 4.72 Å². The maximum absolute atomic E-state index is 13.3. The fourth-order valence-corrected chi connectivity index (χ4v) is 3.87. The van der Waals surface area contributed by atoms with Gasteiger partial charge in [-0.1, -0.05) is 18.2 Å². The normalized spacial score (nSPS) is 13.0. The number of rotatable bonds is 6. The van der Waals surface area contributed by atoms with E-state index in [1.54, 1.807) is 25.1 Å². The van der Waals surface area contributed by atoms with E-state index in [0.717, 1.165) is 11.1 Å². The summed E-state index contributed by atoms with van der Waals surface area (Å²) in [6.45, 7) is 5.60. The van der Waals surface area contributed by atoms with Gasteiger partial charge in [-0.25, -0.2) is 17.5 Å². The zero-order chi connectivity index (χ0) is 17.9. The Kier molecular flexibility index (Phi) is 5.74. The smallest absolute Gasteiger partial charge is 0.240 e. The van der Waals surface area contributed by atoms with Crippen molar-refractivity contribution >= 4 is 10.0 Å². The zero-order valence-electron chi connectivity index (χ0n) is 14.3. The van der Waals surface area contributed by atoms with Crippen LogP contribution in [0.1, 0.15) is 28.4 Å². The fraction of sp³-hybridized carbons (Fsp3) is 0.333. The van der Waals surface area contributed by atoms with Crippen molar-refractivity contribution in [3.63, 3.8) is 0 Å². The highest BCUT2D eigenvalue weighted by atomic mass is 32.2. The van der Waals surface area contributed by atoms with E-state index >= 15 is 0 Å². The molecule has 0 saturated heterocycles. The van der Waals surface area contributed by atoms with Gasteiger partial charge in [0.25, 0.3) is 0 Å². The number of aryl methyl sites for hydroxylation is 3. The van der Waals surface area contributed by atoms with Crippen LogP contribution in [0.4, 0.5) is 4.39 Å². The van der Waals surface area contributed by atoms with E-state index in [-0.39, 0.29) is 17.3 Å². The topological polar surface area (TPSA) is 55.4 Å². The van der Waals surface area contributed by atoms with Crippen LogP contribution >= 0.6 is 0 Å². The Morgan fingerprint density at radius 3 is 2.38 bits per heavy atom. The first-order valence-electron chi connectivity index (χ1n) is 7.60. The van der Waals surface area contributed by atoms with Crippen molar-refractivity contribution in [1.29, 1.82) is 0 Å². The van der Waals surface area contributed by atoms with E-state index in [4.69, 9.17) is 4.74 Å². The van der Waals surface area contributed by atoms with Gasteiger partial charge in [0, 0.05) is 13.7 Å². The van der Waals surface area contributed by atoms with E-state index in [2.05, 4.69) is 4.72 Å². The third kappa shape index (κ3) is 4.20. The molecule has 0 aromatic heterocycles. The quantitative estimate of drug-likeness (QED) is 0.868. The minimum Gasteiger partial charge on any atom is -0.375 e. The largest absolute Gasteiger partial charge is 0.375 e. The summed E-state index contributed by atoms with van der Waals surface area (Å²) in [5.41, 5.74) is 3.22. The lowest BCUT2D eigenvalue weighted by atomic mass is 10.1. The highest BCUT2D eigenvalue weighted by Gasteiger charge is 2.20. The van der Waals surface area contributed by atoms with Gasteiger partial charge in [-0.2, -0.15) is 0 Å². The number of halogens is 1. The average Bonchev–Trinajstić information content (AvgIpc) is 2.51. The molecule has 130 valence electrons. The Hall–Kier alpha value is -1.76. The second kappa shape index (κ2) is 7.42. The Labute approximate surface area is 142 Å². The molecule has 6 heteroatoms. The van der Waals surface area contributed by atoms with E-state index in [1.165, 1.54) is 19.2 Å². The highest BCUT2D eigenvalue weighted by molar-refractivity contribution is 7.89. The highest BCUT2D eigenvalue weighted by Crippen LogP contribution is 2.21. The van der Waals surface area contributed by atoms with Gasteiger partial charge in [-0.15, -0.1) is 0 Å². The minimum atomic E-state index is -3.68. The van der Waals surface area contributed by atoms with Gasteiger partial charge < -0.3 is 4.74 Å². The van der Waals surface area contributed by atoms with E-state index in [1.807, 2.05) is 19.9 Å². The lowest BCUT2D eigenvalue weighted by molar-refractivity contribution is 0.107. The van der Waals surface area contributed by atoms with E-state index in [9.17, 15) is 12.8 Å². The van der Waals surface area contributed by atoms with Gasteiger partial charge >= 0.3 is 0 Å². The molecule has 0 amide bonds. The van der Waals surface area contributed by atoms with Crippen LogP contribution in [0.5, 0.6) is 0 Å². The van der Waals surface area contributed by atoms with Crippen molar-refractivity contribution in [2.24, 2.45) is 0 Å². The summed E-state index contributed by atoms with van der Waals surface area (Å²) in [7, 11) is -2.21. The number of benzene rings is 2. The van der Waals surface area contributed by atoms with Gasteiger partial charge in [-0.3, -0.25) is 0 Å². The summed E-state index contributed by atoms with van der Waals surface area (Å²) in [5, 5.41) is 0. The molecule has 24 heavy (non-hydrogen) atoms. The fourth-order valence-electron chi connectivity index (χ4n) is 2.53. The molecule has 2 aromatic rings. The molecule has 4 nitrogen and oxygen atoms in total. The molecule has 0 radical (unpaired) electrons. The summed E-state index contributed by atoms with van der Waals surface area (Å²) < 4.78 is 46.4. The van der Waals surface area contributed by atoms with Crippen molar-refractivity contribution in [3.8, 4) is 0 Å². The standard InChI is InChI=1S/C18H22FNO3S/c1-12-8-14(3)18(9-13(12)2)24(21,22)20-11-17(23-4)15-6-5-7-16(19)10-15/h5-10,17,20H,11H2,1-4H3. The molecule has 0 aliphatic carbocycles. The third-order valence-electron chi connectivity index (χ3n) is 4.04. The number of hydrogen-bond acceptors (Lipinski definition) is 3. The van der Waals surface area contributed by atoms with Gasteiger partial charge in [0.05, 0.1) is 11.0 Å². The minimum absolute atomic E-state index is 0.0225. The monoisotopic (exact) mass is 351 g/mol. The van der Waals surface area contributed by atoms with Gasteiger partial charge in [0.15, 0.2) is 0 Å². The first-order chi connectivity index (χ1) is 11.2. The predicted molar refractivity (Wildman–Crippen MR) is 92.0 cm³/mol. The summed E-state index contributed by atoms with van der Waals surface area (Å²) in [6.07, 6.45) is -0.567. The molecule has 1 atom stereocenters. The second-order valence-electron chi connectivity index (χ2n) is 5.83. The van der Waals surface area contributed by atoms with Crippen molar-refractivity contribution < 1.29 is 17.5 Å². The molecule has 0 bridgehead atoms. The van der Waals surface area contributed by atoms with Crippen LogP contribution in [0, 0.1) is 26.6 Å². The molecular formula is C18H22FNO3S. The van der Waals surface area contributed by atoms with Crippen molar-refractivity contribution in [3.05, 3.63) is 64.5 Å². The average molecular weight is 351 g/mol. The lowest BCUT2D eigenvalue weighted by Gasteiger charge is -2.18. The Balaban J connectivity index is 2.22. The van der Waals surface area contributed by atoms with E-state index < -0.39 is 16.1 Å². The lowest BCUT2D eigenvalue weighted by Crippen LogP contribution is -2.30. The molecule has 1 unspecified atom stereocenters. The zero-order valence-corrected chi connectivity index (χ0v) is 15.1. The molecule has 0 aliphatic rings. The van der Waals surface area contributed by atoms with Crippen LogP contribution in [-0.4, -0.2) is 22.1 Å². The molecule has 0 aliphatic heterocycles. The molecule has 0 fully saturated rings. The van der Waals surface area contributed by atoms with Crippen molar-refractivity contribution in [1.82, 2.24) is 4.72 Å². The maximum Gasteiger partial charge on any atom is 0.240 e. The molecule has 1 N–H and O–H groups in total. The molecular weight excluding hydrogens is 329 g/mol. The number of methoxy groups -OCH3 is 1. The van der Waals surface area contributed by atoms with Crippen LogP contribution in [0.25, 0.3) is 0 Å². The summed E-state index contributed by atoms with van der Waals surface area (Å²) in [5.74, 6) is -0.387. The predicted octanol–water partition coefficient (Wildman–Crippen LogP) is 3.42. The third-order valence-corrected chi connectivity index (χ3v) is 5.61. The SMILES string of the molecule is COC(CNS(=O)(=O)c1cc(C)c(C)cc1C)c1cccc(F)c1. The summed E-state index contributed by atoms with van der Waals surface area (Å²) in [6, 6.07) is 9.45. The number of sulfonamides is 1.